The largest absolute Gasteiger partial charge is 0.435 e. The van der Waals surface area contributed by atoms with Crippen LogP contribution in [0, 0.1) is 0 Å². The van der Waals surface area contributed by atoms with E-state index in [4.69, 9.17) is 39.6 Å². The molecule has 1 saturated heterocycles. The van der Waals surface area contributed by atoms with Crippen LogP contribution in [-0.4, -0.2) is 34.8 Å². The predicted molar refractivity (Wildman–Crippen MR) is 121 cm³/mol. The van der Waals surface area contributed by atoms with E-state index in [1.54, 1.807) is 11.8 Å². The Kier molecular flexibility index (Phi) is 6.11. The van der Waals surface area contributed by atoms with Crippen LogP contribution in [0.5, 0.6) is 0 Å². The van der Waals surface area contributed by atoms with Gasteiger partial charge in [-0.3, -0.25) is 4.79 Å². The Morgan fingerprint density at radius 2 is 1.78 bits per heavy atom. The van der Waals surface area contributed by atoms with Gasteiger partial charge in [-0.25, -0.2) is 0 Å². The molecule has 0 saturated carbocycles. The molecule has 1 atom stereocenters. The van der Waals surface area contributed by atoms with Gasteiger partial charge < -0.3 is 10.2 Å². The Morgan fingerprint density at radius 3 is 2.31 bits per heavy atom. The zero-order chi connectivity index (χ0) is 23.3. The molecule has 0 spiro atoms. The first kappa shape index (κ1) is 23.5. The van der Waals surface area contributed by atoms with E-state index in [0.717, 1.165) is 23.6 Å². The van der Waals surface area contributed by atoms with E-state index in [9.17, 15) is 18.0 Å². The van der Waals surface area contributed by atoms with Crippen LogP contribution >= 0.6 is 46.6 Å². The molecule has 2 aromatic rings. The quantitative estimate of drug-likeness (QED) is 0.500. The first-order chi connectivity index (χ1) is 14.9. The molecule has 0 aromatic heterocycles. The number of amides is 1. The maximum atomic E-state index is 14.1. The van der Waals surface area contributed by atoms with Crippen molar-refractivity contribution in [3.05, 3.63) is 68.2 Å². The second-order valence-electron chi connectivity index (χ2n) is 7.99. The fraction of sp³-hybridized carbons (Fsp3) is 0.333. The Labute approximate surface area is 201 Å². The second-order valence-corrected chi connectivity index (χ2v) is 10.3. The molecule has 1 fully saturated rings. The summed E-state index contributed by atoms with van der Waals surface area (Å²) in [5, 5.41) is 6.84. The third kappa shape index (κ3) is 4.30. The number of oxime groups is 1. The van der Waals surface area contributed by atoms with Gasteiger partial charge in [-0.2, -0.15) is 24.9 Å². The van der Waals surface area contributed by atoms with Gasteiger partial charge >= 0.3 is 6.18 Å². The molecule has 0 aliphatic carbocycles. The van der Waals surface area contributed by atoms with Crippen molar-refractivity contribution >= 4 is 58.2 Å². The van der Waals surface area contributed by atoms with Crippen molar-refractivity contribution in [2.75, 3.05) is 11.5 Å². The number of carbonyl (C=O) groups is 1. The molecule has 2 aliphatic heterocycles. The number of hydrogen-bond donors (Lipinski definition) is 1. The summed E-state index contributed by atoms with van der Waals surface area (Å²) >= 11 is 19.9. The second kappa shape index (κ2) is 8.31. The summed E-state index contributed by atoms with van der Waals surface area (Å²) in [7, 11) is 0. The number of benzene rings is 2. The van der Waals surface area contributed by atoms with Crippen molar-refractivity contribution in [1.82, 2.24) is 5.32 Å². The minimum atomic E-state index is -4.80. The van der Waals surface area contributed by atoms with Gasteiger partial charge in [0.1, 0.15) is 0 Å². The lowest BCUT2D eigenvalue weighted by Crippen LogP contribution is -2.55. The van der Waals surface area contributed by atoms with Crippen LogP contribution in [0.3, 0.4) is 0 Å². The molecule has 170 valence electrons. The zero-order valence-electron chi connectivity index (χ0n) is 16.5. The Hall–Kier alpha value is -1.61. The van der Waals surface area contributed by atoms with Gasteiger partial charge in [-0.15, -0.1) is 0 Å². The first-order valence-electron chi connectivity index (χ1n) is 9.41. The van der Waals surface area contributed by atoms with E-state index in [0.29, 0.717) is 5.56 Å². The van der Waals surface area contributed by atoms with E-state index in [1.807, 2.05) is 6.92 Å². The van der Waals surface area contributed by atoms with E-state index >= 15 is 0 Å². The minimum absolute atomic E-state index is 0.0367. The van der Waals surface area contributed by atoms with Crippen molar-refractivity contribution in [2.45, 2.75) is 30.7 Å². The lowest BCUT2D eigenvalue weighted by atomic mass is 9.86. The summed E-state index contributed by atoms with van der Waals surface area (Å²) in [5.74, 6) is 1.26. The Balaban J connectivity index is 1.61. The number of carbonyl (C=O) groups excluding carboxylic acids is 1. The average Bonchev–Trinajstić information content (AvgIpc) is 3.12. The van der Waals surface area contributed by atoms with E-state index < -0.39 is 18.2 Å². The molecular weight excluding hydrogens is 508 g/mol. The third-order valence-electron chi connectivity index (χ3n) is 5.32. The molecular formula is C21H16Cl3F3N2O2S. The van der Waals surface area contributed by atoms with Gasteiger partial charge in [-0.05, 0) is 37.3 Å². The van der Waals surface area contributed by atoms with Crippen molar-refractivity contribution in [1.29, 1.82) is 0 Å². The maximum Gasteiger partial charge on any atom is 0.435 e. The highest BCUT2D eigenvalue weighted by Gasteiger charge is 2.62. The molecule has 0 bridgehead atoms. The van der Waals surface area contributed by atoms with Crippen LogP contribution < -0.4 is 5.32 Å². The molecule has 0 radical (unpaired) electrons. The number of nitrogens with zero attached hydrogens (tertiary/aromatic N) is 1. The van der Waals surface area contributed by atoms with Gasteiger partial charge in [0.25, 0.3) is 11.5 Å². The molecule has 2 heterocycles. The van der Waals surface area contributed by atoms with E-state index in [2.05, 4.69) is 10.5 Å². The van der Waals surface area contributed by atoms with Crippen molar-refractivity contribution in [3.8, 4) is 0 Å². The summed E-state index contributed by atoms with van der Waals surface area (Å²) in [4.78, 5) is 17.6. The van der Waals surface area contributed by atoms with Crippen molar-refractivity contribution in [3.63, 3.8) is 0 Å². The Bertz CT molecular complexity index is 1100. The number of thioether (sulfide) groups is 1. The van der Waals surface area contributed by atoms with Crippen LogP contribution in [0.15, 0.2) is 41.6 Å². The fourth-order valence-corrected chi connectivity index (χ4v) is 5.30. The Morgan fingerprint density at radius 1 is 1.12 bits per heavy atom. The molecule has 1 amide bonds. The summed E-state index contributed by atoms with van der Waals surface area (Å²) in [6.45, 7) is 1.94. The van der Waals surface area contributed by atoms with Crippen LogP contribution in [0.1, 0.15) is 34.8 Å². The van der Waals surface area contributed by atoms with Crippen LogP contribution in [0.4, 0.5) is 13.2 Å². The minimum Gasteiger partial charge on any atom is -0.374 e. The highest BCUT2D eigenvalue weighted by atomic mass is 35.5. The molecule has 32 heavy (non-hydrogen) atoms. The van der Waals surface area contributed by atoms with E-state index in [1.165, 1.54) is 24.3 Å². The molecule has 4 rings (SSSR count). The summed E-state index contributed by atoms with van der Waals surface area (Å²) in [5.41, 5.74) is -2.70. The number of rotatable bonds is 4. The lowest BCUT2D eigenvalue weighted by molar-refractivity contribution is -0.275. The number of halogens is 6. The number of nitrogens with one attached hydrogen (secondary N) is 1. The van der Waals surface area contributed by atoms with Crippen molar-refractivity contribution < 1.29 is 22.8 Å². The monoisotopic (exact) mass is 522 g/mol. The summed E-state index contributed by atoms with van der Waals surface area (Å²) in [6.07, 6.45) is -5.41. The van der Waals surface area contributed by atoms with Gasteiger partial charge in [0.2, 0.25) is 0 Å². The number of alkyl halides is 3. The molecule has 1 N–H and O–H groups in total. The summed E-state index contributed by atoms with van der Waals surface area (Å²) < 4.78 is 42.4. The van der Waals surface area contributed by atoms with Gasteiger partial charge in [-0.1, -0.05) is 46.0 Å². The number of hydrogen-bond acceptors (Lipinski definition) is 4. The van der Waals surface area contributed by atoms with Gasteiger partial charge in [0.15, 0.2) is 0 Å². The highest BCUT2D eigenvalue weighted by Crippen LogP contribution is 2.49. The summed E-state index contributed by atoms with van der Waals surface area (Å²) in [6, 6.07) is 8.01. The lowest BCUT2D eigenvalue weighted by Gasteiger charge is -2.38. The maximum absolute atomic E-state index is 14.1. The van der Waals surface area contributed by atoms with E-state index in [-0.39, 0.29) is 43.4 Å². The van der Waals surface area contributed by atoms with Crippen molar-refractivity contribution in [2.24, 2.45) is 5.16 Å². The van der Waals surface area contributed by atoms with Crippen LogP contribution in [-0.2, 0) is 10.4 Å². The van der Waals surface area contributed by atoms with Crippen LogP contribution in [0.25, 0.3) is 0 Å². The highest BCUT2D eigenvalue weighted by molar-refractivity contribution is 8.00. The molecule has 11 heteroatoms. The SMILES string of the molecule is CC1(NC(=O)c2ccc(C3=NO[C@@](c4cc(Cl)cc(Cl)c4)(C(F)(F)F)C3)cc2Cl)CSC1. The molecule has 2 aromatic carbocycles. The van der Waals surface area contributed by atoms with Crippen LogP contribution in [0.2, 0.25) is 15.1 Å². The van der Waals surface area contributed by atoms with Gasteiger partial charge in [0, 0.05) is 39.1 Å². The zero-order valence-corrected chi connectivity index (χ0v) is 19.6. The van der Waals surface area contributed by atoms with Gasteiger partial charge in [0.05, 0.1) is 21.8 Å². The molecule has 4 nitrogen and oxygen atoms in total. The average molecular weight is 524 g/mol. The molecule has 2 aliphatic rings. The fourth-order valence-electron chi connectivity index (χ4n) is 3.55. The standard InChI is InChI=1S/C21H16Cl3F3N2O2S/c1-19(9-32-10-19)28-18(30)15-3-2-11(4-16(15)24)17-8-20(31-29-17,21(25,26)27)12-5-13(22)7-14(23)6-12/h2-7H,8-10H2,1H3,(H,28,30)/t20-/m0/s1. The third-order valence-corrected chi connectivity index (χ3v) is 7.75. The topological polar surface area (TPSA) is 50.7 Å². The predicted octanol–water partition coefficient (Wildman–Crippen LogP) is 6.46. The normalized spacial score (nSPS) is 22.0. The molecule has 0 unspecified atom stereocenters. The smallest absolute Gasteiger partial charge is 0.374 e. The first-order valence-corrected chi connectivity index (χ1v) is 11.7.